The molecular weight excluding hydrogens is 306 g/mol. The third-order valence-electron chi connectivity index (χ3n) is 3.85. The van der Waals surface area contributed by atoms with Gasteiger partial charge in [0.2, 0.25) is 0 Å². The van der Waals surface area contributed by atoms with Gasteiger partial charge in [-0.15, -0.1) is 0 Å². The average molecular weight is 325 g/mol. The molecule has 1 unspecified atom stereocenters. The van der Waals surface area contributed by atoms with Gasteiger partial charge < -0.3 is 10.5 Å². The minimum Gasteiger partial charge on any atom is -0.495 e. The van der Waals surface area contributed by atoms with Crippen LogP contribution in [0.2, 0.25) is 0 Å². The van der Waals surface area contributed by atoms with Crippen LogP contribution in [-0.2, 0) is 0 Å². The first-order valence-corrected chi connectivity index (χ1v) is 7.47. The maximum atomic E-state index is 11.4. The van der Waals surface area contributed by atoms with Crippen molar-refractivity contribution in [2.24, 2.45) is 5.73 Å². The molecule has 0 bridgehead atoms. The molecule has 1 aliphatic rings. The van der Waals surface area contributed by atoms with Gasteiger partial charge in [0.25, 0.3) is 0 Å². The highest BCUT2D eigenvalue weighted by atomic mass is 16.5. The molecule has 3 rings (SSSR count). The number of primary amides is 1. The molecule has 1 atom stereocenters. The normalized spacial score (nSPS) is 17.1. The molecule has 2 amide bonds. The Hall–Kier alpha value is -3.06. The van der Waals surface area contributed by atoms with Gasteiger partial charge >= 0.3 is 6.03 Å². The van der Waals surface area contributed by atoms with Crippen molar-refractivity contribution in [2.75, 3.05) is 12.1 Å². The van der Waals surface area contributed by atoms with Gasteiger partial charge in [0, 0.05) is 6.20 Å². The number of anilines is 1. The van der Waals surface area contributed by atoms with E-state index in [0.29, 0.717) is 11.6 Å². The van der Waals surface area contributed by atoms with Gasteiger partial charge in [-0.05, 0) is 36.3 Å². The Bertz CT molecular complexity index is 776. The van der Waals surface area contributed by atoms with Crippen LogP contribution in [0.3, 0.4) is 0 Å². The maximum absolute atomic E-state index is 11.4. The third-order valence-corrected chi connectivity index (χ3v) is 3.85. The summed E-state index contributed by atoms with van der Waals surface area (Å²) in [5.41, 5.74) is 11.4. The molecule has 0 aliphatic carbocycles. The van der Waals surface area contributed by atoms with Crippen LogP contribution in [0.15, 0.2) is 60.2 Å². The van der Waals surface area contributed by atoms with Gasteiger partial charge in [-0.3, -0.25) is 15.3 Å². The Morgan fingerprint density at radius 1 is 1.33 bits per heavy atom. The molecule has 1 aromatic carbocycles. The van der Waals surface area contributed by atoms with E-state index in [4.69, 9.17) is 10.5 Å². The number of para-hydroxylation sites is 1. The topological polar surface area (TPSA) is 92.5 Å². The predicted octanol–water partition coefficient (Wildman–Crippen LogP) is 2.06. The monoisotopic (exact) mass is 325 g/mol. The number of hydrogen-bond acceptors (Lipinski definition) is 5. The quantitative estimate of drug-likeness (QED) is 0.800. The lowest BCUT2D eigenvalue weighted by Crippen LogP contribution is -2.41. The van der Waals surface area contributed by atoms with Crippen molar-refractivity contribution in [3.05, 3.63) is 65.7 Å². The second-order valence-electron chi connectivity index (χ2n) is 5.41. The van der Waals surface area contributed by atoms with Gasteiger partial charge in [0.1, 0.15) is 11.6 Å². The van der Waals surface area contributed by atoms with Crippen LogP contribution in [0, 0.1) is 0 Å². The standard InChI is InChI=1S/C17H19N5O2/c1-11-15(12-8-14(24-2)10-19-9-12)21-22(16(11)20-17(18)23)13-6-4-3-5-7-13/h3-10,15,21H,1-2H3,(H3,18,20,23). The molecule has 0 saturated heterocycles. The molecule has 0 saturated carbocycles. The zero-order valence-corrected chi connectivity index (χ0v) is 13.5. The van der Waals surface area contributed by atoms with Crippen molar-refractivity contribution in [2.45, 2.75) is 13.0 Å². The fourth-order valence-electron chi connectivity index (χ4n) is 2.69. The number of benzene rings is 1. The molecule has 1 aromatic heterocycles. The number of ether oxygens (including phenoxy) is 1. The highest BCUT2D eigenvalue weighted by Gasteiger charge is 2.31. The summed E-state index contributed by atoms with van der Waals surface area (Å²) in [6, 6.07) is 10.8. The van der Waals surface area contributed by atoms with Crippen molar-refractivity contribution in [1.82, 2.24) is 15.7 Å². The van der Waals surface area contributed by atoms with Crippen molar-refractivity contribution >= 4 is 11.7 Å². The molecule has 24 heavy (non-hydrogen) atoms. The molecule has 0 radical (unpaired) electrons. The predicted molar refractivity (Wildman–Crippen MR) is 91.0 cm³/mol. The van der Waals surface area contributed by atoms with Crippen LogP contribution in [0.5, 0.6) is 5.75 Å². The molecule has 4 N–H and O–H groups in total. The first-order valence-electron chi connectivity index (χ1n) is 7.47. The van der Waals surface area contributed by atoms with Crippen LogP contribution in [0.25, 0.3) is 0 Å². The van der Waals surface area contributed by atoms with E-state index in [0.717, 1.165) is 16.8 Å². The van der Waals surface area contributed by atoms with Crippen LogP contribution in [0.1, 0.15) is 18.5 Å². The first kappa shape index (κ1) is 15.8. The Balaban J connectivity index is 2.00. The summed E-state index contributed by atoms with van der Waals surface area (Å²) in [6.45, 7) is 1.94. The van der Waals surface area contributed by atoms with Gasteiger partial charge in [-0.2, -0.15) is 0 Å². The number of aromatic nitrogens is 1. The van der Waals surface area contributed by atoms with Crippen LogP contribution >= 0.6 is 0 Å². The molecular formula is C17H19N5O2. The summed E-state index contributed by atoms with van der Waals surface area (Å²) in [5.74, 6) is 1.28. The van der Waals surface area contributed by atoms with E-state index in [2.05, 4.69) is 15.7 Å². The van der Waals surface area contributed by atoms with Crippen molar-refractivity contribution in [3.63, 3.8) is 0 Å². The van der Waals surface area contributed by atoms with E-state index in [1.54, 1.807) is 19.5 Å². The second kappa shape index (κ2) is 6.59. The number of carbonyl (C=O) groups is 1. The lowest BCUT2D eigenvalue weighted by Gasteiger charge is -2.23. The SMILES string of the molecule is COc1cncc(C2NN(c3ccccc3)C(NC(N)=O)=C2C)c1. The summed E-state index contributed by atoms with van der Waals surface area (Å²) in [6.07, 6.45) is 3.41. The number of amides is 2. The number of nitrogens with zero attached hydrogens (tertiary/aromatic N) is 2. The Kier molecular flexibility index (Phi) is 4.35. The molecule has 7 heteroatoms. The second-order valence-corrected chi connectivity index (χ2v) is 5.41. The molecule has 2 aromatic rings. The number of nitrogens with one attached hydrogen (secondary N) is 2. The minimum atomic E-state index is -0.614. The number of carbonyl (C=O) groups excluding carboxylic acids is 1. The summed E-state index contributed by atoms with van der Waals surface area (Å²) in [4.78, 5) is 15.6. The Morgan fingerprint density at radius 3 is 2.75 bits per heavy atom. The van der Waals surface area contributed by atoms with Crippen molar-refractivity contribution < 1.29 is 9.53 Å². The number of hydrogen-bond donors (Lipinski definition) is 3. The summed E-state index contributed by atoms with van der Waals surface area (Å²) < 4.78 is 5.24. The fourth-order valence-corrected chi connectivity index (χ4v) is 2.69. The van der Waals surface area contributed by atoms with Gasteiger partial charge in [-0.1, -0.05) is 18.2 Å². The van der Waals surface area contributed by atoms with E-state index >= 15 is 0 Å². The number of pyridine rings is 1. The zero-order chi connectivity index (χ0) is 17.1. The Labute approximate surface area is 140 Å². The lowest BCUT2D eigenvalue weighted by molar-refractivity contribution is 0.251. The van der Waals surface area contributed by atoms with E-state index < -0.39 is 6.03 Å². The average Bonchev–Trinajstić information content (AvgIpc) is 2.92. The summed E-state index contributed by atoms with van der Waals surface area (Å²) in [5, 5.41) is 4.51. The van der Waals surface area contributed by atoms with E-state index in [9.17, 15) is 4.79 Å². The smallest absolute Gasteiger partial charge is 0.317 e. The minimum absolute atomic E-state index is 0.158. The van der Waals surface area contributed by atoms with E-state index in [-0.39, 0.29) is 6.04 Å². The fraction of sp³-hybridized carbons (Fsp3) is 0.176. The van der Waals surface area contributed by atoms with E-state index in [1.807, 2.05) is 48.3 Å². The van der Waals surface area contributed by atoms with Crippen LogP contribution < -0.4 is 26.2 Å². The number of nitrogens with two attached hydrogens (primary N) is 1. The molecule has 1 aliphatic heterocycles. The lowest BCUT2D eigenvalue weighted by atomic mass is 10.0. The van der Waals surface area contributed by atoms with E-state index in [1.165, 1.54) is 0 Å². The summed E-state index contributed by atoms with van der Waals surface area (Å²) in [7, 11) is 1.60. The first-order chi connectivity index (χ1) is 11.6. The Morgan fingerprint density at radius 2 is 2.08 bits per heavy atom. The largest absolute Gasteiger partial charge is 0.495 e. The molecule has 124 valence electrons. The number of rotatable bonds is 4. The number of hydrazine groups is 1. The zero-order valence-electron chi connectivity index (χ0n) is 13.5. The van der Waals surface area contributed by atoms with Gasteiger partial charge in [0.15, 0.2) is 0 Å². The van der Waals surface area contributed by atoms with Crippen LogP contribution in [0.4, 0.5) is 10.5 Å². The van der Waals surface area contributed by atoms with Gasteiger partial charge in [-0.25, -0.2) is 10.2 Å². The number of methoxy groups -OCH3 is 1. The maximum Gasteiger partial charge on any atom is 0.317 e. The van der Waals surface area contributed by atoms with Gasteiger partial charge in [0.05, 0.1) is 25.0 Å². The number of urea groups is 1. The highest BCUT2D eigenvalue weighted by molar-refractivity contribution is 5.75. The third kappa shape index (κ3) is 3.02. The summed E-state index contributed by atoms with van der Waals surface area (Å²) >= 11 is 0. The highest BCUT2D eigenvalue weighted by Crippen LogP contribution is 2.34. The molecule has 7 nitrogen and oxygen atoms in total. The van der Waals surface area contributed by atoms with Crippen molar-refractivity contribution in [3.8, 4) is 5.75 Å². The molecule has 0 fully saturated rings. The van der Waals surface area contributed by atoms with Crippen LogP contribution in [-0.4, -0.2) is 18.1 Å². The van der Waals surface area contributed by atoms with Crippen molar-refractivity contribution in [1.29, 1.82) is 0 Å². The molecule has 0 spiro atoms. The molecule has 2 heterocycles.